The predicted molar refractivity (Wildman–Crippen MR) is 73.1 cm³/mol. The van der Waals surface area contributed by atoms with Crippen LogP contribution in [0.2, 0.25) is 0 Å². The predicted octanol–water partition coefficient (Wildman–Crippen LogP) is 4.03. The lowest BCUT2D eigenvalue weighted by molar-refractivity contribution is 0.196. The highest BCUT2D eigenvalue weighted by molar-refractivity contribution is 7.98. The van der Waals surface area contributed by atoms with E-state index in [0.29, 0.717) is 0 Å². The van der Waals surface area contributed by atoms with E-state index in [1.165, 1.54) is 5.56 Å². The number of rotatable bonds is 4. The average molecular weight is 244 g/mol. The van der Waals surface area contributed by atoms with Crippen molar-refractivity contribution in [1.82, 2.24) is 0 Å². The zero-order chi connectivity index (χ0) is 12.1. The van der Waals surface area contributed by atoms with Gasteiger partial charge in [0.15, 0.2) is 0 Å². The van der Waals surface area contributed by atoms with Gasteiger partial charge in [0, 0.05) is 10.6 Å². The highest BCUT2D eigenvalue weighted by Crippen LogP contribution is 2.29. The van der Waals surface area contributed by atoms with Crippen LogP contribution in [0.3, 0.4) is 0 Å². The van der Waals surface area contributed by atoms with Crippen LogP contribution in [0.5, 0.6) is 0 Å². The fourth-order valence-corrected chi connectivity index (χ4v) is 2.79. The summed E-state index contributed by atoms with van der Waals surface area (Å²) in [7, 11) is 0. The van der Waals surface area contributed by atoms with Gasteiger partial charge in [-0.05, 0) is 24.1 Å². The van der Waals surface area contributed by atoms with Gasteiger partial charge in [-0.1, -0.05) is 48.5 Å². The van der Waals surface area contributed by atoms with Crippen molar-refractivity contribution in [3.05, 3.63) is 65.7 Å². The van der Waals surface area contributed by atoms with E-state index < -0.39 is 6.10 Å². The third kappa shape index (κ3) is 3.35. The first-order valence-corrected chi connectivity index (χ1v) is 6.69. The fraction of sp³-hybridized carbons (Fsp3) is 0.200. The van der Waals surface area contributed by atoms with Crippen LogP contribution in [-0.2, 0) is 5.75 Å². The van der Waals surface area contributed by atoms with Crippen LogP contribution in [0.1, 0.15) is 24.2 Å². The largest absolute Gasteiger partial charge is 0.389 e. The topological polar surface area (TPSA) is 20.2 Å². The first-order valence-electron chi connectivity index (χ1n) is 5.71. The van der Waals surface area contributed by atoms with E-state index in [1.807, 2.05) is 31.2 Å². The summed E-state index contributed by atoms with van der Waals surface area (Å²) in [5, 5.41) is 9.69. The zero-order valence-corrected chi connectivity index (χ0v) is 10.7. The van der Waals surface area contributed by atoms with E-state index in [2.05, 4.69) is 30.3 Å². The van der Waals surface area contributed by atoms with Crippen molar-refractivity contribution in [2.24, 2.45) is 0 Å². The maximum Gasteiger partial charge on any atom is 0.0772 e. The quantitative estimate of drug-likeness (QED) is 0.819. The highest BCUT2D eigenvalue weighted by Gasteiger charge is 2.07. The zero-order valence-electron chi connectivity index (χ0n) is 9.84. The van der Waals surface area contributed by atoms with Gasteiger partial charge in [0.1, 0.15) is 0 Å². The van der Waals surface area contributed by atoms with Gasteiger partial charge in [-0.15, -0.1) is 11.8 Å². The molecule has 1 nitrogen and oxygen atoms in total. The van der Waals surface area contributed by atoms with Crippen LogP contribution < -0.4 is 0 Å². The summed E-state index contributed by atoms with van der Waals surface area (Å²) < 4.78 is 0. The molecule has 0 aliphatic rings. The van der Waals surface area contributed by atoms with E-state index in [4.69, 9.17) is 0 Å². The summed E-state index contributed by atoms with van der Waals surface area (Å²) in [6.45, 7) is 1.81. The Balaban J connectivity index is 2.09. The molecule has 1 atom stereocenters. The first-order chi connectivity index (χ1) is 8.27. The fourth-order valence-electron chi connectivity index (χ4n) is 1.69. The van der Waals surface area contributed by atoms with E-state index in [1.54, 1.807) is 11.8 Å². The van der Waals surface area contributed by atoms with Gasteiger partial charge in [0.25, 0.3) is 0 Å². The maximum absolute atomic E-state index is 9.69. The second-order valence-corrected chi connectivity index (χ2v) is 5.01. The van der Waals surface area contributed by atoms with Gasteiger partial charge < -0.3 is 5.11 Å². The van der Waals surface area contributed by atoms with Gasteiger partial charge in [-0.2, -0.15) is 0 Å². The minimum atomic E-state index is -0.408. The highest BCUT2D eigenvalue weighted by atomic mass is 32.2. The van der Waals surface area contributed by atoms with E-state index in [-0.39, 0.29) is 0 Å². The van der Waals surface area contributed by atoms with Gasteiger partial charge in [-0.25, -0.2) is 0 Å². The first kappa shape index (κ1) is 12.2. The molecule has 0 aliphatic heterocycles. The summed E-state index contributed by atoms with van der Waals surface area (Å²) in [6, 6.07) is 18.4. The third-order valence-electron chi connectivity index (χ3n) is 2.61. The van der Waals surface area contributed by atoms with Gasteiger partial charge in [0.2, 0.25) is 0 Å². The van der Waals surface area contributed by atoms with Crippen molar-refractivity contribution in [2.45, 2.75) is 23.7 Å². The number of aliphatic hydroxyl groups is 1. The lowest BCUT2D eigenvalue weighted by atomic mass is 10.1. The molecular formula is C15H16OS. The molecule has 0 amide bonds. The third-order valence-corrected chi connectivity index (χ3v) is 3.77. The van der Waals surface area contributed by atoms with Crippen molar-refractivity contribution < 1.29 is 5.11 Å². The molecular weight excluding hydrogens is 228 g/mol. The molecule has 88 valence electrons. The molecule has 0 radical (unpaired) electrons. The van der Waals surface area contributed by atoms with Crippen molar-refractivity contribution >= 4 is 11.8 Å². The Kier molecular flexibility index (Phi) is 4.24. The summed E-state index contributed by atoms with van der Waals surface area (Å²) in [6.07, 6.45) is -0.408. The number of aliphatic hydroxyl groups excluding tert-OH is 1. The molecule has 0 spiro atoms. The maximum atomic E-state index is 9.69. The van der Waals surface area contributed by atoms with Crippen molar-refractivity contribution in [1.29, 1.82) is 0 Å². The standard InChI is InChI=1S/C15H16OS/c1-12(16)14-9-5-6-10-15(14)17-11-13-7-3-2-4-8-13/h2-10,12,16H,11H2,1H3/t12-/m0/s1. The summed E-state index contributed by atoms with van der Waals surface area (Å²) >= 11 is 1.77. The molecule has 2 heteroatoms. The van der Waals surface area contributed by atoms with Crippen LogP contribution in [0.25, 0.3) is 0 Å². The SMILES string of the molecule is C[C@H](O)c1ccccc1SCc1ccccc1. The Bertz CT molecular complexity index is 465. The van der Waals surface area contributed by atoms with Crippen molar-refractivity contribution in [3.63, 3.8) is 0 Å². The second kappa shape index (κ2) is 5.89. The summed E-state index contributed by atoms with van der Waals surface area (Å²) in [5.74, 6) is 0.935. The monoisotopic (exact) mass is 244 g/mol. The molecule has 0 aliphatic carbocycles. The Morgan fingerprint density at radius 1 is 1.00 bits per heavy atom. The van der Waals surface area contributed by atoms with Gasteiger partial charge in [-0.3, -0.25) is 0 Å². The Hall–Kier alpha value is -1.25. The summed E-state index contributed by atoms with van der Waals surface area (Å²) in [5.41, 5.74) is 2.31. The van der Waals surface area contributed by atoms with Gasteiger partial charge >= 0.3 is 0 Å². The van der Waals surface area contributed by atoms with Crippen LogP contribution in [0.15, 0.2) is 59.5 Å². The van der Waals surface area contributed by atoms with Crippen LogP contribution >= 0.6 is 11.8 Å². The number of thioether (sulfide) groups is 1. The molecule has 0 heterocycles. The molecule has 1 N–H and O–H groups in total. The molecule has 0 bridgehead atoms. The van der Waals surface area contributed by atoms with Crippen LogP contribution in [0, 0.1) is 0 Å². The molecule has 0 saturated carbocycles. The number of benzene rings is 2. The van der Waals surface area contributed by atoms with E-state index in [0.717, 1.165) is 16.2 Å². The Labute approximate surface area is 107 Å². The molecule has 0 unspecified atom stereocenters. The van der Waals surface area contributed by atoms with E-state index >= 15 is 0 Å². The number of hydrogen-bond acceptors (Lipinski definition) is 2. The van der Waals surface area contributed by atoms with Gasteiger partial charge in [0.05, 0.1) is 6.10 Å². The molecule has 17 heavy (non-hydrogen) atoms. The molecule has 2 rings (SSSR count). The average Bonchev–Trinajstić information content (AvgIpc) is 2.38. The minimum absolute atomic E-state index is 0.408. The van der Waals surface area contributed by atoms with Crippen LogP contribution in [-0.4, -0.2) is 5.11 Å². The number of hydrogen-bond donors (Lipinski definition) is 1. The minimum Gasteiger partial charge on any atom is -0.389 e. The normalized spacial score (nSPS) is 12.4. The molecule has 0 aromatic heterocycles. The lowest BCUT2D eigenvalue weighted by Gasteiger charge is -2.11. The van der Waals surface area contributed by atoms with Crippen LogP contribution in [0.4, 0.5) is 0 Å². The van der Waals surface area contributed by atoms with Crippen molar-refractivity contribution in [2.75, 3.05) is 0 Å². The summed E-state index contributed by atoms with van der Waals surface area (Å²) in [4.78, 5) is 1.16. The molecule has 2 aromatic rings. The Morgan fingerprint density at radius 3 is 2.35 bits per heavy atom. The second-order valence-electron chi connectivity index (χ2n) is 3.99. The van der Waals surface area contributed by atoms with Crippen molar-refractivity contribution in [3.8, 4) is 0 Å². The smallest absolute Gasteiger partial charge is 0.0772 e. The Morgan fingerprint density at radius 2 is 1.65 bits per heavy atom. The molecule has 0 saturated heterocycles. The van der Waals surface area contributed by atoms with E-state index in [9.17, 15) is 5.11 Å². The molecule has 0 fully saturated rings. The molecule has 2 aromatic carbocycles. The lowest BCUT2D eigenvalue weighted by Crippen LogP contribution is -1.93.